The minimum atomic E-state index is 0.557. The van der Waals surface area contributed by atoms with E-state index in [0.717, 1.165) is 6.42 Å². The molecule has 0 bridgehead atoms. The summed E-state index contributed by atoms with van der Waals surface area (Å²) in [4.78, 5) is 2.90. The van der Waals surface area contributed by atoms with Gasteiger partial charge in [0.1, 0.15) is 0 Å². The second-order valence-electron chi connectivity index (χ2n) is 6.02. The van der Waals surface area contributed by atoms with Crippen molar-refractivity contribution in [2.45, 2.75) is 26.2 Å². The molecule has 4 rings (SSSR count). The van der Waals surface area contributed by atoms with Gasteiger partial charge < -0.3 is 0 Å². The van der Waals surface area contributed by atoms with Crippen LogP contribution in [-0.2, 0) is 6.42 Å². The van der Waals surface area contributed by atoms with Gasteiger partial charge in [-0.15, -0.1) is 22.7 Å². The molecule has 0 aliphatic carbocycles. The normalized spacial score (nSPS) is 13.0. The maximum atomic E-state index is 2.37. The molecule has 22 heavy (non-hydrogen) atoms. The SMILES string of the molecule is Cc1cc2cc(CC(C)c3scc4ccccc34)ccc2s1. The van der Waals surface area contributed by atoms with Gasteiger partial charge in [-0.3, -0.25) is 0 Å². The fraction of sp³-hybridized carbons (Fsp3) is 0.200. The molecular formula is C20H18S2. The van der Waals surface area contributed by atoms with Crippen molar-refractivity contribution in [3.05, 3.63) is 69.2 Å². The quantitative estimate of drug-likeness (QED) is 0.390. The molecule has 0 spiro atoms. The van der Waals surface area contributed by atoms with Crippen LogP contribution in [0, 0.1) is 6.92 Å². The summed E-state index contributed by atoms with van der Waals surface area (Å²) in [6.07, 6.45) is 1.11. The standard InChI is InChI=1S/C20H18S2/c1-13(20-18-6-4-3-5-16(18)12-21-20)9-15-7-8-19-17(11-15)10-14(2)22-19/h3-8,10-13H,9H2,1-2H3. The molecule has 0 radical (unpaired) electrons. The molecule has 1 atom stereocenters. The van der Waals surface area contributed by atoms with Crippen molar-refractivity contribution in [1.29, 1.82) is 0 Å². The first-order chi connectivity index (χ1) is 10.7. The third-order valence-electron chi connectivity index (χ3n) is 4.23. The van der Waals surface area contributed by atoms with Crippen LogP contribution in [0.15, 0.2) is 53.9 Å². The van der Waals surface area contributed by atoms with Crippen molar-refractivity contribution >= 4 is 43.5 Å². The summed E-state index contributed by atoms with van der Waals surface area (Å²) >= 11 is 3.78. The number of thiophene rings is 2. The number of rotatable bonds is 3. The maximum Gasteiger partial charge on any atom is 0.0345 e. The number of benzene rings is 2. The molecule has 0 saturated carbocycles. The van der Waals surface area contributed by atoms with E-state index in [9.17, 15) is 0 Å². The van der Waals surface area contributed by atoms with E-state index in [-0.39, 0.29) is 0 Å². The van der Waals surface area contributed by atoms with Gasteiger partial charge in [-0.25, -0.2) is 0 Å². The van der Waals surface area contributed by atoms with Crippen LogP contribution in [-0.4, -0.2) is 0 Å². The van der Waals surface area contributed by atoms with Gasteiger partial charge in [0.15, 0.2) is 0 Å². The average Bonchev–Trinajstić information content (AvgIpc) is 3.09. The van der Waals surface area contributed by atoms with E-state index < -0.39 is 0 Å². The van der Waals surface area contributed by atoms with Crippen LogP contribution in [0.25, 0.3) is 20.9 Å². The monoisotopic (exact) mass is 322 g/mol. The Hall–Kier alpha value is -1.64. The lowest BCUT2D eigenvalue weighted by molar-refractivity contribution is 0.781. The number of hydrogen-bond donors (Lipinski definition) is 0. The number of aryl methyl sites for hydroxylation is 1. The van der Waals surface area contributed by atoms with Gasteiger partial charge in [-0.2, -0.15) is 0 Å². The van der Waals surface area contributed by atoms with E-state index in [2.05, 4.69) is 67.8 Å². The highest BCUT2D eigenvalue weighted by Gasteiger charge is 2.13. The highest BCUT2D eigenvalue weighted by atomic mass is 32.1. The summed E-state index contributed by atoms with van der Waals surface area (Å²) in [6, 6.07) is 18.0. The van der Waals surface area contributed by atoms with Crippen LogP contribution in [0.4, 0.5) is 0 Å². The van der Waals surface area contributed by atoms with Crippen molar-refractivity contribution in [3.63, 3.8) is 0 Å². The molecule has 1 unspecified atom stereocenters. The first-order valence-electron chi connectivity index (χ1n) is 7.66. The third kappa shape index (κ3) is 2.47. The molecule has 0 fully saturated rings. The zero-order valence-electron chi connectivity index (χ0n) is 12.8. The molecule has 0 aliphatic heterocycles. The molecule has 0 nitrogen and oxygen atoms in total. The summed E-state index contributed by atoms with van der Waals surface area (Å²) in [7, 11) is 0. The molecular weight excluding hydrogens is 304 g/mol. The Morgan fingerprint density at radius 2 is 1.86 bits per heavy atom. The Kier molecular flexibility index (Phi) is 3.51. The van der Waals surface area contributed by atoms with Crippen molar-refractivity contribution < 1.29 is 0 Å². The summed E-state index contributed by atoms with van der Waals surface area (Å²) in [5, 5.41) is 6.47. The highest BCUT2D eigenvalue weighted by molar-refractivity contribution is 7.19. The van der Waals surface area contributed by atoms with E-state index in [1.807, 2.05) is 22.7 Å². The first kappa shape index (κ1) is 14.0. The lowest BCUT2D eigenvalue weighted by Gasteiger charge is -2.11. The zero-order chi connectivity index (χ0) is 15.1. The first-order valence-corrected chi connectivity index (χ1v) is 9.35. The highest BCUT2D eigenvalue weighted by Crippen LogP contribution is 2.34. The molecule has 0 saturated heterocycles. The van der Waals surface area contributed by atoms with Crippen LogP contribution < -0.4 is 0 Å². The largest absolute Gasteiger partial charge is 0.147 e. The lowest BCUT2D eigenvalue weighted by Crippen LogP contribution is -1.96. The Morgan fingerprint density at radius 3 is 2.77 bits per heavy atom. The predicted molar refractivity (Wildman–Crippen MR) is 101 cm³/mol. The van der Waals surface area contributed by atoms with Crippen LogP contribution in [0.2, 0.25) is 0 Å². The van der Waals surface area contributed by atoms with E-state index in [4.69, 9.17) is 0 Å². The minimum absolute atomic E-state index is 0.557. The molecule has 4 aromatic rings. The fourth-order valence-corrected chi connectivity index (χ4v) is 5.19. The van der Waals surface area contributed by atoms with E-state index in [1.165, 1.54) is 36.2 Å². The Balaban J connectivity index is 1.66. The topological polar surface area (TPSA) is 0 Å². The molecule has 0 N–H and O–H groups in total. The Morgan fingerprint density at radius 1 is 1.00 bits per heavy atom. The summed E-state index contributed by atoms with van der Waals surface area (Å²) in [5.41, 5.74) is 1.44. The summed E-state index contributed by atoms with van der Waals surface area (Å²) < 4.78 is 1.40. The number of hydrogen-bond acceptors (Lipinski definition) is 2. The summed E-state index contributed by atoms with van der Waals surface area (Å²) in [5.74, 6) is 0.557. The summed E-state index contributed by atoms with van der Waals surface area (Å²) in [6.45, 7) is 4.53. The second-order valence-corrected chi connectivity index (χ2v) is 8.22. The fourth-order valence-electron chi connectivity index (χ4n) is 3.20. The van der Waals surface area contributed by atoms with Crippen LogP contribution >= 0.6 is 22.7 Å². The lowest BCUT2D eigenvalue weighted by atomic mass is 9.96. The smallest absolute Gasteiger partial charge is 0.0345 e. The molecule has 2 aromatic heterocycles. The van der Waals surface area contributed by atoms with Crippen molar-refractivity contribution in [1.82, 2.24) is 0 Å². The molecule has 0 amide bonds. The van der Waals surface area contributed by atoms with Gasteiger partial charge >= 0.3 is 0 Å². The molecule has 110 valence electrons. The molecule has 2 heterocycles. The van der Waals surface area contributed by atoms with Crippen molar-refractivity contribution in [3.8, 4) is 0 Å². The van der Waals surface area contributed by atoms with Crippen LogP contribution in [0.5, 0.6) is 0 Å². The Bertz CT molecular complexity index is 943. The second kappa shape index (κ2) is 5.53. The molecule has 0 aliphatic rings. The van der Waals surface area contributed by atoms with Crippen LogP contribution in [0.1, 0.15) is 28.2 Å². The predicted octanol–water partition coefficient (Wildman–Crippen LogP) is 6.77. The molecule has 2 heteroatoms. The van der Waals surface area contributed by atoms with Gasteiger partial charge in [0.2, 0.25) is 0 Å². The van der Waals surface area contributed by atoms with Gasteiger partial charge in [0.25, 0.3) is 0 Å². The minimum Gasteiger partial charge on any atom is -0.147 e. The number of fused-ring (bicyclic) bond motifs is 2. The van der Waals surface area contributed by atoms with E-state index in [1.54, 1.807) is 0 Å². The van der Waals surface area contributed by atoms with Gasteiger partial charge in [0, 0.05) is 14.5 Å². The van der Waals surface area contributed by atoms with E-state index >= 15 is 0 Å². The maximum absolute atomic E-state index is 2.37. The Labute approximate surface area is 139 Å². The van der Waals surface area contributed by atoms with Crippen LogP contribution in [0.3, 0.4) is 0 Å². The third-order valence-corrected chi connectivity index (χ3v) is 6.51. The van der Waals surface area contributed by atoms with Crippen molar-refractivity contribution in [2.75, 3.05) is 0 Å². The van der Waals surface area contributed by atoms with Gasteiger partial charge in [-0.1, -0.05) is 43.3 Å². The zero-order valence-corrected chi connectivity index (χ0v) is 14.4. The average molecular weight is 322 g/mol. The molecule has 2 aromatic carbocycles. The van der Waals surface area contributed by atoms with E-state index in [0.29, 0.717) is 5.92 Å². The van der Waals surface area contributed by atoms with Gasteiger partial charge in [-0.05, 0) is 58.5 Å². The van der Waals surface area contributed by atoms with Crippen molar-refractivity contribution in [2.24, 2.45) is 0 Å². The van der Waals surface area contributed by atoms with Gasteiger partial charge in [0.05, 0.1) is 0 Å².